The number of hydrogen-bond acceptors (Lipinski definition) is 3. The molecule has 5 aromatic carbocycles. The largest absolute Gasteiger partial charge is 0.497 e. The average molecular weight is 596 g/mol. The molecule has 1 N–H and O–H groups in total. The van der Waals surface area contributed by atoms with E-state index in [1.54, 1.807) is 25.3 Å². The van der Waals surface area contributed by atoms with Gasteiger partial charge in [-0.1, -0.05) is 103 Å². The fourth-order valence-electron chi connectivity index (χ4n) is 6.61. The van der Waals surface area contributed by atoms with Gasteiger partial charge in [0.15, 0.2) is 0 Å². The molecule has 0 bridgehead atoms. The molecule has 1 amide bonds. The maximum Gasteiger partial charge on any atom is 0.335 e. The fraction of sp³-hybridized carbons (Fsp3) is 0.200. The van der Waals surface area contributed by atoms with E-state index in [-0.39, 0.29) is 29.9 Å². The summed E-state index contributed by atoms with van der Waals surface area (Å²) in [5.41, 5.74) is 7.60. The summed E-state index contributed by atoms with van der Waals surface area (Å²) in [4.78, 5) is 28.2. The third-order valence-electron chi connectivity index (χ3n) is 8.82. The number of carboxylic acid groups (broad SMARTS) is 1. The smallest absolute Gasteiger partial charge is 0.335 e. The van der Waals surface area contributed by atoms with Gasteiger partial charge in [-0.3, -0.25) is 4.79 Å². The van der Waals surface area contributed by atoms with Crippen molar-refractivity contribution in [2.45, 2.75) is 38.3 Å². The molecule has 0 aliphatic heterocycles. The highest BCUT2D eigenvalue weighted by atomic mass is 16.5. The summed E-state index contributed by atoms with van der Waals surface area (Å²) < 4.78 is 5.58. The first kappa shape index (κ1) is 29.9. The number of benzene rings is 5. The lowest BCUT2D eigenvalue weighted by Crippen LogP contribution is -2.41. The van der Waals surface area contributed by atoms with Crippen LogP contribution in [-0.4, -0.2) is 29.0 Å². The second kappa shape index (κ2) is 13.6. The highest BCUT2D eigenvalue weighted by Gasteiger charge is 2.36. The van der Waals surface area contributed by atoms with Crippen molar-refractivity contribution >= 4 is 11.9 Å². The Labute approximate surface area is 264 Å². The van der Waals surface area contributed by atoms with Gasteiger partial charge in [-0.05, 0) is 88.4 Å². The number of aryl methyl sites for hydroxylation is 1. The number of hydrogen-bond donors (Lipinski definition) is 1. The zero-order valence-corrected chi connectivity index (χ0v) is 25.4. The second-order valence-corrected chi connectivity index (χ2v) is 11.8. The number of methoxy groups -OCH3 is 1. The van der Waals surface area contributed by atoms with E-state index in [4.69, 9.17) is 4.74 Å². The van der Waals surface area contributed by atoms with Crippen LogP contribution in [0.2, 0.25) is 0 Å². The van der Waals surface area contributed by atoms with Crippen LogP contribution in [0.4, 0.5) is 0 Å². The lowest BCUT2D eigenvalue weighted by molar-refractivity contribution is -0.135. The van der Waals surface area contributed by atoms with E-state index >= 15 is 0 Å². The predicted molar refractivity (Wildman–Crippen MR) is 177 cm³/mol. The molecule has 2 unspecified atom stereocenters. The minimum atomic E-state index is -0.963. The number of carbonyl (C=O) groups excluding carboxylic acids is 1. The summed E-state index contributed by atoms with van der Waals surface area (Å²) in [6.07, 6.45) is 3.02. The first-order valence-electron chi connectivity index (χ1n) is 15.5. The van der Waals surface area contributed by atoms with Crippen LogP contribution in [0.15, 0.2) is 127 Å². The van der Waals surface area contributed by atoms with Gasteiger partial charge in [-0.25, -0.2) is 4.79 Å². The number of carboxylic acids is 1. The van der Waals surface area contributed by atoms with Gasteiger partial charge in [-0.2, -0.15) is 0 Å². The highest BCUT2D eigenvalue weighted by molar-refractivity contribution is 5.89. The Bertz CT molecular complexity index is 1780. The number of nitrogens with zero attached hydrogens (tertiary/aromatic N) is 1. The summed E-state index contributed by atoms with van der Waals surface area (Å²) in [5.74, 6) is 0.168. The van der Waals surface area contributed by atoms with E-state index < -0.39 is 5.97 Å². The molecule has 0 radical (unpaired) electrons. The number of fused-ring (bicyclic) bond motifs is 1. The van der Waals surface area contributed by atoms with Crippen LogP contribution in [0.1, 0.15) is 50.6 Å². The molecule has 1 aliphatic rings. The summed E-state index contributed by atoms with van der Waals surface area (Å²) in [6, 6.07) is 41.7. The van der Waals surface area contributed by atoms with Crippen molar-refractivity contribution in [1.82, 2.24) is 4.90 Å². The third-order valence-corrected chi connectivity index (χ3v) is 8.82. The molecule has 5 heteroatoms. The van der Waals surface area contributed by atoms with Crippen molar-refractivity contribution < 1.29 is 19.4 Å². The molecule has 0 saturated carbocycles. The number of ether oxygens (including phenoxy) is 1. The van der Waals surface area contributed by atoms with Crippen molar-refractivity contribution in [2.75, 3.05) is 7.11 Å². The van der Waals surface area contributed by atoms with E-state index in [1.165, 1.54) is 16.7 Å². The molecule has 45 heavy (non-hydrogen) atoms. The summed E-state index contributed by atoms with van der Waals surface area (Å²) in [5, 5.41) is 9.49. The summed E-state index contributed by atoms with van der Waals surface area (Å²) in [7, 11) is 1.69. The van der Waals surface area contributed by atoms with Gasteiger partial charge in [0.25, 0.3) is 0 Å². The Kier molecular flexibility index (Phi) is 9.06. The van der Waals surface area contributed by atoms with Crippen LogP contribution in [0.3, 0.4) is 0 Å². The number of carbonyl (C=O) groups is 2. The topological polar surface area (TPSA) is 66.8 Å². The van der Waals surface area contributed by atoms with E-state index in [2.05, 4.69) is 53.4 Å². The SMILES string of the molecule is COc1ccc2c(c1)CCC(Cc1ccccc1)C2N(Cc1ccccc1)C(=O)Cc1cccc(-c2cccc(C(=O)O)c2)c1. The lowest BCUT2D eigenvalue weighted by Gasteiger charge is -2.42. The van der Waals surface area contributed by atoms with Gasteiger partial charge in [0.2, 0.25) is 5.91 Å². The molecule has 1 aliphatic carbocycles. The van der Waals surface area contributed by atoms with Gasteiger partial charge < -0.3 is 14.7 Å². The minimum absolute atomic E-state index is 0.0574. The molecule has 5 aromatic rings. The first-order chi connectivity index (χ1) is 22.0. The lowest BCUT2D eigenvalue weighted by atomic mass is 9.75. The van der Waals surface area contributed by atoms with Gasteiger partial charge in [-0.15, -0.1) is 0 Å². The van der Waals surface area contributed by atoms with Crippen molar-refractivity contribution in [3.8, 4) is 16.9 Å². The Morgan fingerprint density at radius 3 is 2.13 bits per heavy atom. The van der Waals surface area contributed by atoms with Crippen LogP contribution in [0.25, 0.3) is 11.1 Å². The average Bonchev–Trinajstić information content (AvgIpc) is 3.08. The summed E-state index contributed by atoms with van der Waals surface area (Å²) in [6.45, 7) is 0.501. The Morgan fingerprint density at radius 1 is 0.756 bits per heavy atom. The quantitative estimate of drug-likeness (QED) is 0.177. The molecule has 0 saturated heterocycles. The fourth-order valence-corrected chi connectivity index (χ4v) is 6.61. The molecule has 5 nitrogen and oxygen atoms in total. The van der Waals surface area contributed by atoms with Gasteiger partial charge in [0, 0.05) is 6.54 Å². The Balaban J connectivity index is 1.37. The molecular weight excluding hydrogens is 558 g/mol. The third kappa shape index (κ3) is 6.99. The van der Waals surface area contributed by atoms with E-state index in [9.17, 15) is 14.7 Å². The predicted octanol–water partition coefficient (Wildman–Crippen LogP) is 8.18. The number of rotatable bonds is 10. The van der Waals surface area contributed by atoms with E-state index in [1.807, 2.05) is 60.7 Å². The molecule has 2 atom stereocenters. The molecule has 0 aromatic heterocycles. The normalized spacial score (nSPS) is 15.6. The maximum atomic E-state index is 14.6. The van der Waals surface area contributed by atoms with E-state index in [0.29, 0.717) is 6.54 Å². The van der Waals surface area contributed by atoms with Crippen LogP contribution < -0.4 is 4.74 Å². The molecule has 0 heterocycles. The molecule has 226 valence electrons. The van der Waals surface area contributed by atoms with Crippen LogP contribution in [0.5, 0.6) is 5.75 Å². The van der Waals surface area contributed by atoms with Crippen molar-refractivity contribution in [3.05, 3.63) is 161 Å². The number of amides is 1. The maximum absolute atomic E-state index is 14.6. The van der Waals surface area contributed by atoms with Crippen molar-refractivity contribution in [2.24, 2.45) is 5.92 Å². The van der Waals surface area contributed by atoms with Gasteiger partial charge >= 0.3 is 5.97 Å². The van der Waals surface area contributed by atoms with Crippen LogP contribution in [0, 0.1) is 5.92 Å². The standard InChI is InChI=1S/C40H37NO4/c1-45-36-20-21-37-33(26-36)18-19-34(22-28-10-4-2-5-11-28)39(37)41(27-29-12-6-3-7-13-29)38(42)24-30-14-8-15-31(23-30)32-16-9-17-35(25-32)40(43)44/h2-17,20-21,23,25-26,34,39H,18-19,22,24,27H2,1H3,(H,43,44). The van der Waals surface area contributed by atoms with E-state index in [0.717, 1.165) is 47.3 Å². The minimum Gasteiger partial charge on any atom is -0.497 e. The van der Waals surface area contributed by atoms with Crippen LogP contribution >= 0.6 is 0 Å². The number of aromatic carboxylic acids is 1. The van der Waals surface area contributed by atoms with Gasteiger partial charge in [0.1, 0.15) is 5.75 Å². The molecule has 6 rings (SSSR count). The van der Waals surface area contributed by atoms with Crippen molar-refractivity contribution in [1.29, 1.82) is 0 Å². The zero-order valence-electron chi connectivity index (χ0n) is 25.4. The monoisotopic (exact) mass is 595 g/mol. The highest BCUT2D eigenvalue weighted by Crippen LogP contribution is 2.42. The molecule has 0 fully saturated rings. The Hall–Kier alpha value is -5.16. The second-order valence-electron chi connectivity index (χ2n) is 11.8. The Morgan fingerprint density at radius 2 is 1.42 bits per heavy atom. The summed E-state index contributed by atoms with van der Waals surface area (Å²) >= 11 is 0. The zero-order chi connectivity index (χ0) is 31.2. The van der Waals surface area contributed by atoms with Crippen LogP contribution in [-0.2, 0) is 30.6 Å². The van der Waals surface area contributed by atoms with Gasteiger partial charge in [0.05, 0.1) is 25.1 Å². The molecule has 0 spiro atoms. The first-order valence-corrected chi connectivity index (χ1v) is 15.5. The van der Waals surface area contributed by atoms with Crippen molar-refractivity contribution in [3.63, 3.8) is 0 Å². The molecular formula is C40H37NO4.